The maximum atomic E-state index is 12.0. The summed E-state index contributed by atoms with van der Waals surface area (Å²) >= 11 is 10.9. The number of halogens is 1. The van der Waals surface area contributed by atoms with Crippen LogP contribution in [-0.4, -0.2) is 37.8 Å². The topological polar surface area (TPSA) is 97.9 Å². The lowest BCUT2D eigenvalue weighted by Gasteiger charge is -2.11. The average Bonchev–Trinajstić information content (AvgIpc) is 2.75. The van der Waals surface area contributed by atoms with Crippen molar-refractivity contribution < 1.29 is 23.8 Å². The van der Waals surface area contributed by atoms with Crippen LogP contribution in [0.15, 0.2) is 48.5 Å². The van der Waals surface area contributed by atoms with E-state index in [1.54, 1.807) is 48.5 Å². The maximum Gasteiger partial charge on any atom is 0.276 e. The first-order chi connectivity index (χ1) is 14.4. The third kappa shape index (κ3) is 7.26. The van der Waals surface area contributed by atoms with E-state index in [9.17, 15) is 9.59 Å². The summed E-state index contributed by atoms with van der Waals surface area (Å²) in [6, 6.07) is 12.0. The minimum absolute atomic E-state index is 0.0805. The van der Waals surface area contributed by atoms with Crippen molar-refractivity contribution in [2.24, 2.45) is 0 Å². The summed E-state index contributed by atoms with van der Waals surface area (Å²) in [5.74, 6) is 0.513. The molecule has 0 radical (unpaired) electrons. The molecule has 2 rings (SSSR count). The number of hydrogen-bond donors (Lipinski definition) is 3. The lowest BCUT2D eigenvalue weighted by Crippen LogP contribution is -2.49. The van der Waals surface area contributed by atoms with E-state index in [1.807, 2.05) is 0 Å². The fourth-order valence-electron chi connectivity index (χ4n) is 2.18. The van der Waals surface area contributed by atoms with Gasteiger partial charge < -0.3 is 14.2 Å². The van der Waals surface area contributed by atoms with E-state index in [4.69, 9.17) is 38.0 Å². The van der Waals surface area contributed by atoms with E-state index in [1.165, 1.54) is 20.3 Å². The second-order valence-electron chi connectivity index (χ2n) is 5.66. The molecule has 10 heteroatoms. The number of nitrogens with one attached hydrogen (secondary N) is 3. The van der Waals surface area contributed by atoms with E-state index in [-0.39, 0.29) is 11.7 Å². The Bertz CT molecular complexity index is 952. The predicted molar refractivity (Wildman–Crippen MR) is 118 cm³/mol. The molecule has 158 valence electrons. The summed E-state index contributed by atoms with van der Waals surface area (Å²) in [5, 5.41) is 2.71. The summed E-state index contributed by atoms with van der Waals surface area (Å²) in [4.78, 5) is 23.8. The number of carbonyl (C=O) groups is 2. The number of thiocarbonyl (C=S) groups is 1. The highest BCUT2D eigenvalue weighted by Gasteiger charge is 2.07. The number of ether oxygens (including phenoxy) is 3. The van der Waals surface area contributed by atoms with E-state index < -0.39 is 11.8 Å². The van der Waals surface area contributed by atoms with Crippen LogP contribution in [0.2, 0.25) is 5.02 Å². The van der Waals surface area contributed by atoms with E-state index in [0.29, 0.717) is 22.3 Å². The quantitative estimate of drug-likeness (QED) is 0.339. The van der Waals surface area contributed by atoms with Gasteiger partial charge in [-0.1, -0.05) is 29.8 Å². The number of amides is 2. The number of para-hydroxylation sites is 1. The number of hydrogen-bond acceptors (Lipinski definition) is 6. The van der Waals surface area contributed by atoms with Crippen LogP contribution in [0.4, 0.5) is 0 Å². The van der Waals surface area contributed by atoms with Crippen molar-refractivity contribution in [3.63, 3.8) is 0 Å². The molecule has 2 aromatic carbocycles. The molecule has 3 N–H and O–H groups in total. The molecule has 30 heavy (non-hydrogen) atoms. The Hall–Kier alpha value is -3.30. The Kier molecular flexibility index (Phi) is 8.92. The third-order valence-corrected chi connectivity index (χ3v) is 4.10. The molecule has 2 amide bonds. The zero-order valence-electron chi connectivity index (χ0n) is 16.2. The van der Waals surface area contributed by atoms with Crippen LogP contribution in [0.5, 0.6) is 17.2 Å². The number of methoxy groups -OCH3 is 2. The molecule has 0 aromatic heterocycles. The summed E-state index contributed by atoms with van der Waals surface area (Å²) in [7, 11) is 3.06. The fraction of sp³-hybridized carbons (Fsp3) is 0.150. The molecule has 0 fully saturated rings. The number of hydrazine groups is 1. The van der Waals surface area contributed by atoms with Crippen LogP contribution < -0.4 is 30.4 Å². The van der Waals surface area contributed by atoms with Crippen LogP contribution >= 0.6 is 23.8 Å². The fourth-order valence-corrected chi connectivity index (χ4v) is 2.52. The van der Waals surface area contributed by atoms with Crippen molar-refractivity contribution in [3.05, 3.63) is 59.1 Å². The van der Waals surface area contributed by atoms with E-state index in [0.717, 1.165) is 5.56 Å². The molecule has 0 saturated heterocycles. The standard InChI is InChI=1S/C20H20ClN3O5S/c1-27-16-9-7-13(11-17(16)28-2)8-10-18(25)22-20(30)24-23-19(26)12-29-15-6-4-3-5-14(15)21/h3-11H,12H2,1-2H3,(H,23,26)(H2,22,24,25,30)/b10-8+. The Labute approximate surface area is 184 Å². The Morgan fingerprint density at radius 1 is 1.03 bits per heavy atom. The molecular formula is C20H20ClN3O5S. The van der Waals surface area contributed by atoms with Gasteiger partial charge in [-0.3, -0.25) is 25.8 Å². The van der Waals surface area contributed by atoms with Crippen molar-refractivity contribution >= 4 is 46.8 Å². The zero-order valence-corrected chi connectivity index (χ0v) is 17.8. The second kappa shape index (κ2) is 11.6. The van der Waals surface area contributed by atoms with Gasteiger partial charge in [0.2, 0.25) is 5.91 Å². The molecule has 0 aliphatic rings. The predicted octanol–water partition coefficient (Wildman–Crippen LogP) is 2.47. The molecule has 0 unspecified atom stereocenters. The average molecular weight is 450 g/mol. The van der Waals surface area contributed by atoms with Crippen molar-refractivity contribution in [2.75, 3.05) is 20.8 Å². The lowest BCUT2D eigenvalue weighted by molar-refractivity contribution is -0.123. The number of rotatable bonds is 7. The minimum atomic E-state index is -0.507. The highest BCUT2D eigenvalue weighted by atomic mass is 35.5. The Morgan fingerprint density at radius 2 is 1.77 bits per heavy atom. The van der Waals surface area contributed by atoms with Gasteiger partial charge >= 0.3 is 0 Å². The van der Waals surface area contributed by atoms with Gasteiger partial charge in [0, 0.05) is 6.08 Å². The normalized spacial score (nSPS) is 10.2. The van der Waals surface area contributed by atoms with Crippen LogP contribution in [0.25, 0.3) is 6.08 Å². The Morgan fingerprint density at radius 3 is 2.47 bits per heavy atom. The first-order valence-electron chi connectivity index (χ1n) is 8.60. The molecule has 0 spiro atoms. The minimum Gasteiger partial charge on any atom is -0.493 e. The van der Waals surface area contributed by atoms with Gasteiger partial charge in [-0.15, -0.1) is 0 Å². The third-order valence-electron chi connectivity index (χ3n) is 3.58. The molecule has 0 aliphatic heterocycles. The lowest BCUT2D eigenvalue weighted by atomic mass is 10.2. The number of benzene rings is 2. The van der Waals surface area contributed by atoms with Gasteiger partial charge in [-0.05, 0) is 48.1 Å². The molecule has 0 heterocycles. The summed E-state index contributed by atoms with van der Waals surface area (Å²) < 4.78 is 15.7. The molecule has 0 saturated carbocycles. The van der Waals surface area contributed by atoms with Gasteiger partial charge in [0.1, 0.15) is 5.75 Å². The van der Waals surface area contributed by atoms with Crippen LogP contribution in [0.1, 0.15) is 5.56 Å². The first kappa shape index (κ1) is 23.0. The van der Waals surface area contributed by atoms with Crippen LogP contribution in [-0.2, 0) is 9.59 Å². The monoisotopic (exact) mass is 449 g/mol. The van der Waals surface area contributed by atoms with Crippen molar-refractivity contribution in [2.45, 2.75) is 0 Å². The molecule has 0 atom stereocenters. The smallest absolute Gasteiger partial charge is 0.276 e. The molecule has 2 aromatic rings. The largest absolute Gasteiger partial charge is 0.493 e. The summed E-state index contributed by atoms with van der Waals surface area (Å²) in [6.07, 6.45) is 2.87. The maximum absolute atomic E-state index is 12.0. The van der Waals surface area contributed by atoms with Gasteiger partial charge in [-0.2, -0.15) is 0 Å². The zero-order chi connectivity index (χ0) is 21.9. The summed E-state index contributed by atoms with van der Waals surface area (Å²) in [6.45, 7) is -0.285. The highest BCUT2D eigenvalue weighted by molar-refractivity contribution is 7.80. The molecular weight excluding hydrogens is 430 g/mol. The summed E-state index contributed by atoms with van der Waals surface area (Å²) in [5.41, 5.74) is 5.45. The van der Waals surface area contributed by atoms with E-state index >= 15 is 0 Å². The van der Waals surface area contributed by atoms with E-state index in [2.05, 4.69) is 16.2 Å². The van der Waals surface area contributed by atoms with Gasteiger partial charge in [0.05, 0.1) is 19.2 Å². The molecule has 0 aliphatic carbocycles. The SMILES string of the molecule is COc1ccc(/C=C/C(=O)NC(=S)NNC(=O)COc2ccccc2Cl)cc1OC. The van der Waals surface area contributed by atoms with Crippen molar-refractivity contribution in [1.29, 1.82) is 0 Å². The Balaban J connectivity index is 1.76. The second-order valence-corrected chi connectivity index (χ2v) is 6.47. The number of carbonyl (C=O) groups excluding carboxylic acids is 2. The van der Waals surface area contributed by atoms with Crippen LogP contribution in [0, 0.1) is 0 Å². The molecule has 8 nitrogen and oxygen atoms in total. The van der Waals surface area contributed by atoms with Crippen molar-refractivity contribution in [3.8, 4) is 17.2 Å². The molecule has 0 bridgehead atoms. The van der Waals surface area contributed by atoms with Gasteiger partial charge in [0.15, 0.2) is 23.2 Å². The van der Waals surface area contributed by atoms with Crippen molar-refractivity contribution in [1.82, 2.24) is 16.2 Å². The van der Waals surface area contributed by atoms with Gasteiger partial charge in [0.25, 0.3) is 5.91 Å². The highest BCUT2D eigenvalue weighted by Crippen LogP contribution is 2.28. The van der Waals surface area contributed by atoms with Crippen LogP contribution in [0.3, 0.4) is 0 Å². The first-order valence-corrected chi connectivity index (χ1v) is 9.38. The van der Waals surface area contributed by atoms with Gasteiger partial charge in [-0.25, -0.2) is 0 Å².